The number of nitrogens with zero attached hydrogens (tertiary/aromatic N) is 1. The average molecular weight is 333 g/mol. The summed E-state index contributed by atoms with van der Waals surface area (Å²) in [5, 5.41) is 9.65. The molecule has 0 aliphatic heterocycles. The molecule has 0 fully saturated rings. The average Bonchev–Trinajstić information content (AvgIpc) is 3.04. The minimum Gasteiger partial charge on any atom is -0.478 e. The number of benzene rings is 2. The van der Waals surface area contributed by atoms with E-state index in [4.69, 9.17) is 5.11 Å². The molecule has 128 valence electrons. The normalized spacial score (nSPS) is 9.58. The first-order valence-corrected chi connectivity index (χ1v) is 7.86. The van der Waals surface area contributed by atoms with E-state index in [2.05, 4.69) is 0 Å². The molecule has 3 nitrogen and oxygen atoms in total. The Hall–Kier alpha value is -2.69. The third kappa shape index (κ3) is 3.98. The second-order valence-electron chi connectivity index (χ2n) is 4.36. The molecule has 24 heavy (non-hydrogen) atoms. The van der Waals surface area contributed by atoms with Gasteiger partial charge >= 0.3 is 5.97 Å². The number of halogens is 2. The summed E-state index contributed by atoms with van der Waals surface area (Å²) in [5.41, 5.74) is 1.38. The van der Waals surface area contributed by atoms with Gasteiger partial charge in [-0.1, -0.05) is 27.7 Å². The fourth-order valence-electron chi connectivity index (χ4n) is 2.14. The Labute approximate surface area is 140 Å². The van der Waals surface area contributed by atoms with Crippen molar-refractivity contribution < 1.29 is 18.7 Å². The SMILES string of the molecule is CC.CC.O=C(O)c1ccc2c(ccn2-c2ccc(F)c(F)c2)c1. The van der Waals surface area contributed by atoms with Gasteiger partial charge in [-0.2, -0.15) is 0 Å². The van der Waals surface area contributed by atoms with Gasteiger partial charge in [0, 0.05) is 23.3 Å². The van der Waals surface area contributed by atoms with Crippen LogP contribution in [-0.4, -0.2) is 15.6 Å². The van der Waals surface area contributed by atoms with Gasteiger partial charge < -0.3 is 9.67 Å². The molecule has 2 aromatic carbocycles. The zero-order valence-electron chi connectivity index (χ0n) is 14.2. The fraction of sp³-hybridized carbons (Fsp3) is 0.211. The highest BCUT2D eigenvalue weighted by atomic mass is 19.2. The first-order chi connectivity index (χ1) is 11.6. The molecule has 5 heteroatoms. The van der Waals surface area contributed by atoms with Crippen LogP contribution in [0, 0.1) is 11.6 Å². The van der Waals surface area contributed by atoms with Crippen molar-refractivity contribution in [3.63, 3.8) is 0 Å². The standard InChI is InChI=1S/C15H9F2NO2.2C2H6/c16-12-3-2-11(8-13(12)17)18-6-5-9-7-10(15(19)20)1-4-14(9)18;2*1-2/h1-8H,(H,19,20);2*1-2H3. The van der Waals surface area contributed by atoms with Gasteiger partial charge in [0.15, 0.2) is 11.6 Å². The van der Waals surface area contributed by atoms with Crippen LogP contribution in [0.2, 0.25) is 0 Å². The smallest absolute Gasteiger partial charge is 0.335 e. The summed E-state index contributed by atoms with van der Waals surface area (Å²) in [7, 11) is 0. The van der Waals surface area contributed by atoms with Crippen LogP contribution in [-0.2, 0) is 0 Å². The van der Waals surface area contributed by atoms with Crippen LogP contribution in [0.15, 0.2) is 48.7 Å². The number of aromatic nitrogens is 1. The third-order valence-corrected chi connectivity index (χ3v) is 3.12. The van der Waals surface area contributed by atoms with Crippen molar-refractivity contribution in [2.45, 2.75) is 27.7 Å². The van der Waals surface area contributed by atoms with Crippen LogP contribution in [0.1, 0.15) is 38.1 Å². The lowest BCUT2D eigenvalue weighted by Gasteiger charge is -2.06. The van der Waals surface area contributed by atoms with Gasteiger partial charge in [0.25, 0.3) is 0 Å². The monoisotopic (exact) mass is 333 g/mol. The number of fused-ring (bicyclic) bond motifs is 1. The second kappa shape index (κ2) is 8.82. The minimum atomic E-state index is -1.01. The summed E-state index contributed by atoms with van der Waals surface area (Å²) in [5.74, 6) is -2.84. The largest absolute Gasteiger partial charge is 0.478 e. The zero-order chi connectivity index (χ0) is 18.3. The topological polar surface area (TPSA) is 42.2 Å². The number of rotatable bonds is 2. The van der Waals surface area contributed by atoms with Crippen LogP contribution in [0.3, 0.4) is 0 Å². The van der Waals surface area contributed by atoms with E-state index in [0.29, 0.717) is 5.69 Å². The van der Waals surface area contributed by atoms with E-state index in [1.165, 1.54) is 18.2 Å². The van der Waals surface area contributed by atoms with Crippen molar-refractivity contribution in [3.05, 3.63) is 65.9 Å². The number of carboxylic acid groups (broad SMARTS) is 1. The van der Waals surface area contributed by atoms with Crippen LogP contribution in [0.5, 0.6) is 0 Å². The number of aromatic carboxylic acids is 1. The second-order valence-corrected chi connectivity index (χ2v) is 4.36. The van der Waals surface area contributed by atoms with Crippen LogP contribution >= 0.6 is 0 Å². The van der Waals surface area contributed by atoms with Crippen molar-refractivity contribution >= 4 is 16.9 Å². The molecule has 0 aliphatic carbocycles. The predicted molar refractivity (Wildman–Crippen MR) is 92.8 cm³/mol. The molecule has 0 unspecified atom stereocenters. The molecular weight excluding hydrogens is 312 g/mol. The van der Waals surface area contributed by atoms with E-state index in [9.17, 15) is 13.6 Å². The van der Waals surface area contributed by atoms with Gasteiger partial charge in [-0.25, -0.2) is 13.6 Å². The van der Waals surface area contributed by atoms with E-state index in [-0.39, 0.29) is 5.56 Å². The Morgan fingerprint density at radius 3 is 2.17 bits per heavy atom. The van der Waals surface area contributed by atoms with Crippen molar-refractivity contribution in [1.82, 2.24) is 4.57 Å². The summed E-state index contributed by atoms with van der Waals surface area (Å²) in [4.78, 5) is 10.9. The summed E-state index contributed by atoms with van der Waals surface area (Å²) in [6.07, 6.45) is 1.68. The Bertz CT molecular complexity index is 825. The van der Waals surface area contributed by atoms with Crippen LogP contribution in [0.25, 0.3) is 16.6 Å². The van der Waals surface area contributed by atoms with Gasteiger partial charge in [-0.15, -0.1) is 0 Å². The lowest BCUT2D eigenvalue weighted by Crippen LogP contribution is -1.97. The minimum absolute atomic E-state index is 0.181. The fourth-order valence-corrected chi connectivity index (χ4v) is 2.14. The number of carboxylic acids is 1. The van der Waals surface area contributed by atoms with Crippen LogP contribution in [0.4, 0.5) is 8.78 Å². The van der Waals surface area contributed by atoms with Crippen molar-refractivity contribution in [2.24, 2.45) is 0 Å². The summed E-state index contributed by atoms with van der Waals surface area (Å²) in [6, 6.07) is 9.99. The molecule has 0 atom stereocenters. The Morgan fingerprint density at radius 2 is 1.58 bits per heavy atom. The van der Waals surface area contributed by atoms with E-state index in [0.717, 1.165) is 23.0 Å². The molecule has 0 saturated carbocycles. The number of hydrogen-bond acceptors (Lipinski definition) is 1. The number of hydrogen-bond donors (Lipinski definition) is 1. The Morgan fingerprint density at radius 1 is 0.917 bits per heavy atom. The molecular formula is C19H21F2NO2. The highest BCUT2D eigenvalue weighted by molar-refractivity contribution is 5.94. The maximum Gasteiger partial charge on any atom is 0.335 e. The van der Waals surface area contributed by atoms with Crippen LogP contribution < -0.4 is 0 Å². The lowest BCUT2D eigenvalue weighted by atomic mass is 10.1. The molecule has 1 N–H and O–H groups in total. The Kier molecular flexibility index (Phi) is 7.11. The van der Waals surface area contributed by atoms with Crippen molar-refractivity contribution in [3.8, 4) is 5.69 Å². The first kappa shape index (κ1) is 19.4. The molecule has 3 rings (SSSR count). The molecule has 0 aliphatic rings. The molecule has 0 amide bonds. The van der Waals surface area contributed by atoms with Gasteiger partial charge in [0.05, 0.1) is 11.1 Å². The summed E-state index contributed by atoms with van der Waals surface area (Å²) >= 11 is 0. The molecule has 1 aromatic heterocycles. The maximum absolute atomic E-state index is 13.3. The molecule has 0 bridgehead atoms. The lowest BCUT2D eigenvalue weighted by molar-refractivity contribution is 0.0697. The highest BCUT2D eigenvalue weighted by Crippen LogP contribution is 2.23. The quantitative estimate of drug-likeness (QED) is 0.657. The van der Waals surface area contributed by atoms with E-state index < -0.39 is 17.6 Å². The zero-order valence-corrected chi connectivity index (χ0v) is 14.2. The highest BCUT2D eigenvalue weighted by Gasteiger charge is 2.09. The molecule has 3 aromatic rings. The number of carbonyl (C=O) groups is 1. The summed E-state index contributed by atoms with van der Waals surface area (Å²) in [6.45, 7) is 8.00. The first-order valence-electron chi connectivity index (χ1n) is 7.86. The Balaban J connectivity index is 0.000000671. The maximum atomic E-state index is 13.3. The molecule has 1 heterocycles. The van der Waals surface area contributed by atoms with Crippen molar-refractivity contribution in [1.29, 1.82) is 0 Å². The molecule has 0 saturated heterocycles. The predicted octanol–water partition coefficient (Wildman–Crippen LogP) is 5.66. The van der Waals surface area contributed by atoms with Crippen molar-refractivity contribution in [2.75, 3.05) is 0 Å². The molecule has 0 radical (unpaired) electrons. The van der Waals surface area contributed by atoms with Gasteiger partial charge in [0.2, 0.25) is 0 Å². The van der Waals surface area contributed by atoms with Gasteiger partial charge in [0.1, 0.15) is 0 Å². The van der Waals surface area contributed by atoms with Gasteiger partial charge in [-0.05, 0) is 36.4 Å². The van der Waals surface area contributed by atoms with E-state index in [1.807, 2.05) is 27.7 Å². The molecule has 0 spiro atoms. The van der Waals surface area contributed by atoms with E-state index >= 15 is 0 Å². The van der Waals surface area contributed by atoms with E-state index in [1.54, 1.807) is 22.9 Å². The third-order valence-electron chi connectivity index (χ3n) is 3.12. The van der Waals surface area contributed by atoms with Gasteiger partial charge in [-0.3, -0.25) is 0 Å². The summed E-state index contributed by atoms with van der Waals surface area (Å²) < 4.78 is 27.9.